The average Bonchev–Trinajstić information content (AvgIpc) is 3.31. The average molecular weight is 516 g/mol. The highest BCUT2D eigenvalue weighted by Crippen LogP contribution is 2.37. The first-order valence-corrected chi connectivity index (χ1v) is 12.9. The second kappa shape index (κ2) is 10.9. The summed E-state index contributed by atoms with van der Waals surface area (Å²) in [4.78, 5) is 18.4. The molecule has 37 heavy (non-hydrogen) atoms. The summed E-state index contributed by atoms with van der Waals surface area (Å²) in [7, 11) is 0. The van der Waals surface area contributed by atoms with Crippen molar-refractivity contribution in [2.75, 3.05) is 17.2 Å². The number of hydrogen-bond donors (Lipinski definition) is 2. The van der Waals surface area contributed by atoms with Crippen molar-refractivity contribution in [1.29, 1.82) is 0 Å². The van der Waals surface area contributed by atoms with Gasteiger partial charge in [0.2, 0.25) is 11.1 Å². The molecule has 0 radical (unpaired) electrons. The maximum absolute atomic E-state index is 13.8. The van der Waals surface area contributed by atoms with Crippen LogP contribution >= 0.6 is 11.8 Å². The molecule has 0 aliphatic carbocycles. The number of hydrogen-bond acceptors (Lipinski definition) is 6. The van der Waals surface area contributed by atoms with E-state index in [1.807, 2.05) is 50.2 Å². The summed E-state index contributed by atoms with van der Waals surface area (Å²) < 4.78 is 21.2. The first-order chi connectivity index (χ1) is 18.0. The minimum atomic E-state index is -0.602. The molecule has 0 saturated carbocycles. The molecule has 4 aromatic rings. The lowest BCUT2D eigenvalue weighted by molar-refractivity contribution is -0.113. The number of carbonyl (C=O) groups is 1. The first kappa shape index (κ1) is 24.6. The maximum Gasteiger partial charge on any atom is 0.255 e. The second-order valence-electron chi connectivity index (χ2n) is 8.44. The number of nitrogens with zero attached hydrogens (tertiary/aromatic N) is 3. The van der Waals surface area contributed by atoms with Crippen molar-refractivity contribution in [1.82, 2.24) is 14.8 Å². The van der Waals surface area contributed by atoms with Crippen LogP contribution in [0, 0.1) is 5.82 Å². The number of nitrogens with one attached hydrogen (secondary N) is 2. The van der Waals surface area contributed by atoms with Crippen molar-refractivity contribution in [3.05, 3.63) is 107 Å². The van der Waals surface area contributed by atoms with E-state index >= 15 is 0 Å². The normalized spacial score (nSPS) is 14.6. The Labute approximate surface area is 218 Å². The van der Waals surface area contributed by atoms with E-state index in [1.165, 1.54) is 23.9 Å². The number of rotatable bonds is 8. The van der Waals surface area contributed by atoms with Gasteiger partial charge in [0.1, 0.15) is 17.6 Å². The number of aromatic nitrogens is 3. The molecular formula is C28H26FN5O2S. The molecule has 1 amide bonds. The van der Waals surface area contributed by atoms with Crippen molar-refractivity contribution in [2.45, 2.75) is 30.8 Å². The number of thioether (sulfide) groups is 1. The highest BCUT2D eigenvalue weighted by Gasteiger charge is 2.34. The van der Waals surface area contributed by atoms with E-state index in [1.54, 1.807) is 22.9 Å². The smallest absolute Gasteiger partial charge is 0.255 e. The van der Waals surface area contributed by atoms with Crippen molar-refractivity contribution < 1.29 is 13.9 Å². The van der Waals surface area contributed by atoms with Crippen molar-refractivity contribution in [3.63, 3.8) is 0 Å². The zero-order valence-electron chi connectivity index (χ0n) is 20.4. The van der Waals surface area contributed by atoms with E-state index in [9.17, 15) is 9.18 Å². The molecule has 2 heterocycles. The molecule has 0 fully saturated rings. The topological polar surface area (TPSA) is 81.1 Å². The van der Waals surface area contributed by atoms with E-state index in [2.05, 4.69) is 27.8 Å². The van der Waals surface area contributed by atoms with E-state index in [4.69, 9.17) is 9.84 Å². The molecular weight excluding hydrogens is 489 g/mol. The van der Waals surface area contributed by atoms with E-state index in [0.29, 0.717) is 46.2 Å². The molecule has 0 saturated heterocycles. The van der Waals surface area contributed by atoms with Gasteiger partial charge < -0.3 is 15.4 Å². The van der Waals surface area contributed by atoms with Crippen LogP contribution in [0.15, 0.2) is 95.3 Å². The molecule has 0 bridgehead atoms. The Morgan fingerprint density at radius 2 is 1.81 bits per heavy atom. The van der Waals surface area contributed by atoms with Gasteiger partial charge in [0.25, 0.3) is 5.91 Å². The van der Waals surface area contributed by atoms with E-state index < -0.39 is 6.04 Å². The summed E-state index contributed by atoms with van der Waals surface area (Å²) in [6.07, 6.45) is 0. The predicted molar refractivity (Wildman–Crippen MR) is 143 cm³/mol. The SMILES string of the molecule is CCOc1ccccc1NC(=O)C1=C(C)Nc2nc(SCc3ccccc3)nn2C1c1ccc(F)cc1. The third kappa shape index (κ3) is 5.36. The molecule has 7 nitrogen and oxygen atoms in total. The van der Waals surface area contributed by atoms with Crippen LogP contribution in [0.1, 0.15) is 31.0 Å². The van der Waals surface area contributed by atoms with E-state index in [0.717, 1.165) is 11.1 Å². The number of fused-ring (bicyclic) bond motifs is 1. The highest BCUT2D eigenvalue weighted by atomic mass is 32.2. The van der Waals surface area contributed by atoms with Crippen LogP contribution in [0.4, 0.5) is 16.0 Å². The maximum atomic E-state index is 13.8. The molecule has 1 aliphatic rings. The molecule has 9 heteroatoms. The van der Waals surface area contributed by atoms with Gasteiger partial charge in [-0.15, -0.1) is 5.10 Å². The minimum Gasteiger partial charge on any atom is -0.492 e. The van der Waals surface area contributed by atoms with Gasteiger partial charge in [-0.05, 0) is 49.2 Å². The fourth-order valence-electron chi connectivity index (χ4n) is 4.20. The zero-order chi connectivity index (χ0) is 25.8. The lowest BCUT2D eigenvalue weighted by atomic mass is 9.95. The molecule has 1 aliphatic heterocycles. The van der Waals surface area contributed by atoms with Crippen molar-refractivity contribution in [2.24, 2.45) is 0 Å². The van der Waals surface area contributed by atoms with Crippen molar-refractivity contribution >= 4 is 29.3 Å². The lowest BCUT2D eigenvalue weighted by Gasteiger charge is -2.28. The number of halogens is 1. The van der Waals surface area contributed by atoms with Gasteiger partial charge in [0, 0.05) is 11.4 Å². The molecule has 188 valence electrons. The number of benzene rings is 3. The summed E-state index contributed by atoms with van der Waals surface area (Å²) in [6, 6.07) is 22.9. The van der Waals surface area contributed by atoms with Crippen molar-refractivity contribution in [3.8, 4) is 5.75 Å². The standard InChI is InChI=1S/C28H26FN5O2S/c1-3-36-23-12-8-7-11-22(23)31-26(35)24-18(2)30-27-32-28(37-17-19-9-5-4-6-10-19)33-34(27)25(24)20-13-15-21(29)16-14-20/h4-16,25H,3,17H2,1-2H3,(H,31,35)(H,30,32,33). The number of ether oxygens (including phenoxy) is 1. The van der Waals surface area contributed by atoms with Gasteiger partial charge in [0.05, 0.1) is 17.9 Å². The third-order valence-corrected chi connectivity index (χ3v) is 6.82. The Kier molecular flexibility index (Phi) is 7.23. The van der Waals surface area contributed by atoms with Crippen LogP contribution in [0.3, 0.4) is 0 Å². The fraction of sp³-hybridized carbons (Fsp3) is 0.179. The second-order valence-corrected chi connectivity index (χ2v) is 9.38. The summed E-state index contributed by atoms with van der Waals surface area (Å²) in [6.45, 7) is 4.19. The third-order valence-electron chi connectivity index (χ3n) is 5.91. The lowest BCUT2D eigenvalue weighted by Crippen LogP contribution is -2.31. The zero-order valence-corrected chi connectivity index (χ0v) is 21.3. The van der Waals surface area contributed by atoms with Gasteiger partial charge in [-0.2, -0.15) is 4.98 Å². The Hall–Kier alpha value is -4.11. The van der Waals surface area contributed by atoms with Gasteiger partial charge in [-0.3, -0.25) is 4.79 Å². The molecule has 2 N–H and O–H groups in total. The van der Waals surface area contributed by atoms with Crippen LogP contribution < -0.4 is 15.4 Å². The Morgan fingerprint density at radius 1 is 1.08 bits per heavy atom. The fourth-order valence-corrected chi connectivity index (χ4v) is 4.99. The Morgan fingerprint density at radius 3 is 2.57 bits per heavy atom. The Balaban J connectivity index is 1.49. The molecule has 5 rings (SSSR count). The summed E-state index contributed by atoms with van der Waals surface area (Å²) >= 11 is 1.51. The monoisotopic (exact) mass is 515 g/mol. The van der Waals surface area contributed by atoms with Gasteiger partial charge in [-0.1, -0.05) is 66.4 Å². The van der Waals surface area contributed by atoms with Gasteiger partial charge >= 0.3 is 0 Å². The largest absolute Gasteiger partial charge is 0.492 e. The first-order valence-electron chi connectivity index (χ1n) is 11.9. The summed E-state index contributed by atoms with van der Waals surface area (Å²) in [5.41, 5.74) is 3.54. The van der Waals surface area contributed by atoms with Crippen LogP contribution in [-0.4, -0.2) is 27.3 Å². The highest BCUT2D eigenvalue weighted by molar-refractivity contribution is 7.98. The van der Waals surface area contributed by atoms with E-state index in [-0.39, 0.29) is 11.7 Å². The van der Waals surface area contributed by atoms with Crippen LogP contribution in [-0.2, 0) is 10.5 Å². The quantitative estimate of drug-likeness (QED) is 0.279. The predicted octanol–water partition coefficient (Wildman–Crippen LogP) is 6.04. The number of allylic oxidation sites excluding steroid dienone is 1. The number of anilines is 2. The van der Waals surface area contributed by atoms with Crippen LogP contribution in [0.25, 0.3) is 0 Å². The molecule has 1 aromatic heterocycles. The minimum absolute atomic E-state index is 0.314. The number of amides is 1. The van der Waals surface area contributed by atoms with Gasteiger partial charge in [0.15, 0.2) is 0 Å². The van der Waals surface area contributed by atoms with Crippen LogP contribution in [0.5, 0.6) is 5.75 Å². The number of carbonyl (C=O) groups excluding carboxylic acids is 1. The summed E-state index contributed by atoms with van der Waals surface area (Å²) in [5.74, 6) is 1.15. The Bertz CT molecular complexity index is 1440. The van der Waals surface area contributed by atoms with Gasteiger partial charge in [-0.25, -0.2) is 9.07 Å². The molecule has 1 atom stereocenters. The molecule has 0 spiro atoms. The molecule has 1 unspecified atom stereocenters. The summed E-state index contributed by atoms with van der Waals surface area (Å²) in [5, 5.41) is 11.5. The van der Waals surface area contributed by atoms with Crippen LogP contribution in [0.2, 0.25) is 0 Å². The number of para-hydroxylation sites is 2. The molecule has 3 aromatic carbocycles.